The van der Waals surface area contributed by atoms with Gasteiger partial charge in [-0.25, -0.2) is 0 Å². The van der Waals surface area contributed by atoms with E-state index >= 15 is 0 Å². The maximum absolute atomic E-state index is 8.52. The van der Waals surface area contributed by atoms with Crippen molar-refractivity contribution in [1.29, 1.82) is 0 Å². The Hall–Kier alpha value is -1.02. The second-order valence-corrected chi connectivity index (χ2v) is 3.04. The lowest BCUT2D eigenvalue weighted by molar-refractivity contribution is 0.465. The van der Waals surface area contributed by atoms with E-state index in [0.29, 0.717) is 5.92 Å². The van der Waals surface area contributed by atoms with Gasteiger partial charge in [-0.2, -0.15) is 0 Å². The second kappa shape index (κ2) is 7.62. The van der Waals surface area contributed by atoms with Crippen molar-refractivity contribution in [2.45, 2.75) is 25.8 Å². The molecule has 0 amide bonds. The van der Waals surface area contributed by atoms with Crippen LogP contribution in [0, 0.1) is 5.92 Å². The van der Waals surface area contributed by atoms with Crippen LogP contribution in [-0.2, 0) is 0 Å². The number of hydrogen-bond acceptors (Lipinski definition) is 2. The summed E-state index contributed by atoms with van der Waals surface area (Å²) in [7, 11) is 0. The molecule has 0 radical (unpaired) electrons. The van der Waals surface area contributed by atoms with Crippen LogP contribution < -0.4 is 5.73 Å². The molecule has 0 saturated heterocycles. The predicted molar refractivity (Wildman–Crippen MR) is 57.5 cm³/mol. The van der Waals surface area contributed by atoms with Crippen molar-refractivity contribution in [3.05, 3.63) is 37.1 Å². The first-order chi connectivity index (χ1) is 6.24. The molecule has 2 heteroatoms. The average Bonchev–Trinajstić information content (AvgIpc) is 2.14. The Labute approximate surface area is 80.5 Å². The molecule has 2 unspecified atom stereocenters. The molecule has 0 aliphatic rings. The fourth-order valence-electron chi connectivity index (χ4n) is 1.21. The lowest BCUT2D eigenvalue weighted by Gasteiger charge is -2.13. The summed E-state index contributed by atoms with van der Waals surface area (Å²) >= 11 is 0. The van der Waals surface area contributed by atoms with E-state index in [4.69, 9.17) is 10.8 Å². The number of allylic oxidation sites excluding steroid dienone is 3. The zero-order valence-electron chi connectivity index (χ0n) is 8.19. The van der Waals surface area contributed by atoms with Gasteiger partial charge in [0.2, 0.25) is 0 Å². The minimum Gasteiger partial charge on any atom is -0.516 e. The fourth-order valence-corrected chi connectivity index (χ4v) is 1.21. The first-order valence-corrected chi connectivity index (χ1v) is 4.54. The van der Waals surface area contributed by atoms with Crippen molar-refractivity contribution in [2.24, 2.45) is 11.7 Å². The van der Waals surface area contributed by atoms with Crippen LogP contribution in [0.3, 0.4) is 0 Å². The Morgan fingerprint density at radius 3 is 2.69 bits per heavy atom. The molecule has 0 heterocycles. The van der Waals surface area contributed by atoms with E-state index in [1.807, 2.05) is 13.0 Å². The predicted octanol–water partition coefficient (Wildman–Crippen LogP) is 2.54. The van der Waals surface area contributed by atoms with Crippen LogP contribution >= 0.6 is 0 Å². The molecule has 13 heavy (non-hydrogen) atoms. The zero-order chi connectivity index (χ0) is 10.1. The van der Waals surface area contributed by atoms with Crippen LogP contribution in [0.15, 0.2) is 37.1 Å². The first kappa shape index (κ1) is 12.0. The number of hydrogen-bond donors (Lipinski definition) is 2. The van der Waals surface area contributed by atoms with Gasteiger partial charge in [-0.3, -0.25) is 0 Å². The molecule has 2 atom stereocenters. The number of aliphatic hydroxyl groups is 1. The van der Waals surface area contributed by atoms with Crippen LogP contribution in [0.4, 0.5) is 0 Å². The smallest absolute Gasteiger partial charge is 0.0751 e. The fraction of sp³-hybridized carbons (Fsp3) is 0.455. The number of aliphatic hydroxyl groups excluding tert-OH is 1. The molecule has 0 rings (SSSR count). The molecule has 0 bridgehead atoms. The molecule has 0 aromatic rings. The van der Waals surface area contributed by atoms with E-state index in [0.717, 1.165) is 19.1 Å². The highest BCUT2D eigenvalue weighted by Crippen LogP contribution is 2.13. The summed E-state index contributed by atoms with van der Waals surface area (Å²) in [4.78, 5) is 0. The van der Waals surface area contributed by atoms with E-state index < -0.39 is 0 Å². The molecule has 2 nitrogen and oxygen atoms in total. The summed E-state index contributed by atoms with van der Waals surface area (Å²) in [6, 6.07) is 0.0355. The van der Waals surface area contributed by atoms with E-state index in [1.165, 1.54) is 0 Å². The van der Waals surface area contributed by atoms with Gasteiger partial charge >= 0.3 is 0 Å². The largest absolute Gasteiger partial charge is 0.516 e. The first-order valence-electron chi connectivity index (χ1n) is 4.54. The molecule has 0 aliphatic heterocycles. The summed E-state index contributed by atoms with van der Waals surface area (Å²) < 4.78 is 0. The van der Waals surface area contributed by atoms with Crippen LogP contribution in [0.2, 0.25) is 0 Å². The summed E-state index contributed by atoms with van der Waals surface area (Å²) in [6.45, 7) is 5.62. The maximum Gasteiger partial charge on any atom is 0.0751 e. The minimum absolute atomic E-state index is 0.0355. The Bertz CT molecular complexity index is 185. The van der Waals surface area contributed by atoms with Crippen molar-refractivity contribution in [3.8, 4) is 0 Å². The van der Waals surface area contributed by atoms with Gasteiger partial charge in [0.05, 0.1) is 6.26 Å². The molecular formula is C11H19NO. The van der Waals surface area contributed by atoms with Gasteiger partial charge in [-0.1, -0.05) is 18.2 Å². The van der Waals surface area contributed by atoms with E-state index in [1.54, 1.807) is 12.2 Å². The standard InChI is InChI=1S/C11H19NO/c1-3-6-10(7-5-8-13)9-11(12)4-2/h3-6,8,10-11,13H,2,7,9,12H2,1H3/b6-3-,8-5+. The van der Waals surface area contributed by atoms with Gasteiger partial charge in [0, 0.05) is 6.04 Å². The van der Waals surface area contributed by atoms with Crippen LogP contribution in [0.5, 0.6) is 0 Å². The lowest BCUT2D eigenvalue weighted by Crippen LogP contribution is -2.19. The maximum atomic E-state index is 8.52. The Morgan fingerprint density at radius 1 is 1.54 bits per heavy atom. The quantitative estimate of drug-likeness (QED) is 0.488. The van der Waals surface area contributed by atoms with Gasteiger partial charge < -0.3 is 10.8 Å². The van der Waals surface area contributed by atoms with E-state index in [2.05, 4.69) is 12.7 Å². The molecule has 0 saturated carbocycles. The van der Waals surface area contributed by atoms with Crippen LogP contribution in [0.25, 0.3) is 0 Å². The highest BCUT2D eigenvalue weighted by molar-refractivity contribution is 4.95. The van der Waals surface area contributed by atoms with E-state index in [9.17, 15) is 0 Å². The summed E-state index contributed by atoms with van der Waals surface area (Å²) in [5.74, 6) is 0.390. The van der Waals surface area contributed by atoms with Gasteiger partial charge in [0.1, 0.15) is 0 Å². The third-order valence-corrected chi connectivity index (χ3v) is 1.89. The van der Waals surface area contributed by atoms with Gasteiger partial charge in [0.15, 0.2) is 0 Å². The van der Waals surface area contributed by atoms with Crippen molar-refractivity contribution < 1.29 is 5.11 Å². The Balaban J connectivity index is 4.00. The third-order valence-electron chi connectivity index (χ3n) is 1.89. The van der Waals surface area contributed by atoms with Crippen LogP contribution in [0.1, 0.15) is 19.8 Å². The molecule has 74 valence electrons. The summed E-state index contributed by atoms with van der Waals surface area (Å²) in [5, 5.41) is 8.52. The Morgan fingerprint density at radius 2 is 2.23 bits per heavy atom. The highest BCUT2D eigenvalue weighted by Gasteiger charge is 2.06. The third kappa shape index (κ3) is 6.17. The second-order valence-electron chi connectivity index (χ2n) is 3.04. The lowest BCUT2D eigenvalue weighted by atomic mass is 9.96. The monoisotopic (exact) mass is 181 g/mol. The van der Waals surface area contributed by atoms with Crippen molar-refractivity contribution >= 4 is 0 Å². The molecule has 0 aliphatic carbocycles. The van der Waals surface area contributed by atoms with Crippen molar-refractivity contribution in [3.63, 3.8) is 0 Å². The molecule has 0 aromatic carbocycles. The van der Waals surface area contributed by atoms with Gasteiger partial charge in [-0.05, 0) is 31.8 Å². The SMILES string of the molecule is C=CC(N)CC(/C=C\C)C/C=C/O. The number of rotatable bonds is 6. The average molecular weight is 181 g/mol. The molecule has 0 fully saturated rings. The van der Waals surface area contributed by atoms with Gasteiger partial charge in [0.25, 0.3) is 0 Å². The van der Waals surface area contributed by atoms with Gasteiger partial charge in [-0.15, -0.1) is 6.58 Å². The molecule has 0 spiro atoms. The van der Waals surface area contributed by atoms with E-state index in [-0.39, 0.29) is 6.04 Å². The highest BCUT2D eigenvalue weighted by atomic mass is 16.2. The van der Waals surface area contributed by atoms with Crippen molar-refractivity contribution in [1.82, 2.24) is 0 Å². The summed E-state index contributed by atoms with van der Waals surface area (Å²) in [5.41, 5.74) is 5.74. The molecular weight excluding hydrogens is 162 g/mol. The minimum atomic E-state index is 0.0355. The normalized spacial score (nSPS) is 16.5. The number of nitrogens with two attached hydrogens (primary N) is 1. The topological polar surface area (TPSA) is 46.2 Å². The molecule has 3 N–H and O–H groups in total. The van der Waals surface area contributed by atoms with Crippen LogP contribution in [-0.4, -0.2) is 11.1 Å². The molecule has 0 aromatic heterocycles. The summed E-state index contributed by atoms with van der Waals surface area (Å²) in [6.07, 6.45) is 10.4. The zero-order valence-corrected chi connectivity index (χ0v) is 8.19. The Kier molecular flexibility index (Phi) is 7.02. The van der Waals surface area contributed by atoms with Crippen molar-refractivity contribution in [2.75, 3.05) is 0 Å².